The van der Waals surface area contributed by atoms with Crippen LogP contribution in [-0.2, 0) is 11.4 Å². The van der Waals surface area contributed by atoms with E-state index in [4.69, 9.17) is 16.3 Å². The lowest BCUT2D eigenvalue weighted by atomic mass is 9.73. The molecule has 1 unspecified atom stereocenters. The summed E-state index contributed by atoms with van der Waals surface area (Å²) in [5.41, 5.74) is 4.28. The number of anilines is 2. The van der Waals surface area contributed by atoms with Crippen molar-refractivity contribution >= 4 is 28.8 Å². The summed E-state index contributed by atoms with van der Waals surface area (Å²) >= 11 is 6.76. The molecule has 3 aromatic rings. The van der Waals surface area contributed by atoms with E-state index in [2.05, 4.69) is 29.5 Å². The third-order valence-corrected chi connectivity index (χ3v) is 6.57. The van der Waals surface area contributed by atoms with E-state index < -0.39 is 6.04 Å². The number of nitrogens with one attached hydrogen (secondary N) is 2. The number of nitrogens with zero attached hydrogens (tertiary/aromatic N) is 1. The molecule has 6 nitrogen and oxygen atoms in total. The number of benzene rings is 2. The van der Waals surface area contributed by atoms with E-state index in [9.17, 15) is 9.90 Å². The highest BCUT2D eigenvalue weighted by molar-refractivity contribution is 6.31. The zero-order valence-corrected chi connectivity index (χ0v) is 19.8. The minimum atomic E-state index is -0.464. The zero-order valence-electron chi connectivity index (χ0n) is 19.1. The van der Waals surface area contributed by atoms with Gasteiger partial charge in [-0.2, -0.15) is 0 Å². The van der Waals surface area contributed by atoms with Crippen LogP contribution in [-0.4, -0.2) is 15.9 Å². The van der Waals surface area contributed by atoms with E-state index in [0.717, 1.165) is 16.8 Å². The summed E-state index contributed by atoms with van der Waals surface area (Å²) in [4.78, 5) is 17.5. The average molecular weight is 476 g/mol. The molecule has 2 aromatic carbocycles. The number of hydrogen-bond acceptors (Lipinski definition) is 6. The van der Waals surface area contributed by atoms with Crippen LogP contribution >= 0.6 is 11.6 Å². The lowest BCUT2D eigenvalue weighted by Crippen LogP contribution is -2.31. The van der Waals surface area contributed by atoms with E-state index in [1.54, 1.807) is 30.6 Å². The summed E-state index contributed by atoms with van der Waals surface area (Å²) in [5.74, 6) is 0.822. The number of phenols is 1. The van der Waals surface area contributed by atoms with Gasteiger partial charge in [0.25, 0.3) is 0 Å². The van der Waals surface area contributed by atoms with Crippen LogP contribution in [0.2, 0.25) is 5.02 Å². The Morgan fingerprint density at radius 2 is 2.03 bits per heavy atom. The predicted octanol–water partition coefficient (Wildman–Crippen LogP) is 6.24. The van der Waals surface area contributed by atoms with E-state index in [1.807, 2.05) is 30.3 Å². The largest absolute Gasteiger partial charge is 0.506 e. The number of ether oxygens (including phenoxy) is 1. The van der Waals surface area contributed by atoms with Crippen LogP contribution in [0, 0.1) is 5.41 Å². The van der Waals surface area contributed by atoms with Crippen LogP contribution in [0.25, 0.3) is 0 Å². The van der Waals surface area contributed by atoms with Gasteiger partial charge in [-0.25, -0.2) is 0 Å². The van der Waals surface area contributed by atoms with Gasteiger partial charge in [0.15, 0.2) is 5.78 Å². The van der Waals surface area contributed by atoms with E-state index in [0.29, 0.717) is 47.2 Å². The Hall–Kier alpha value is -3.51. The number of halogens is 1. The number of ketones is 1. The number of carbonyl (C=O) groups excluding carboxylic acids is 1. The summed E-state index contributed by atoms with van der Waals surface area (Å²) < 4.78 is 5.90. The van der Waals surface area contributed by atoms with Gasteiger partial charge in [0.05, 0.1) is 11.7 Å². The first-order chi connectivity index (χ1) is 16.3. The molecule has 2 heterocycles. The number of rotatable bonds is 4. The monoisotopic (exact) mass is 475 g/mol. The number of aromatic nitrogens is 1. The first-order valence-electron chi connectivity index (χ1n) is 11.2. The number of hydrogen-bond donors (Lipinski definition) is 3. The molecular weight excluding hydrogens is 450 g/mol. The molecule has 5 rings (SSSR count). The van der Waals surface area contributed by atoms with E-state index >= 15 is 0 Å². The molecular formula is C27H26ClN3O3. The van der Waals surface area contributed by atoms with Crippen LogP contribution in [0.1, 0.15) is 43.9 Å². The Morgan fingerprint density at radius 1 is 1.18 bits per heavy atom. The molecule has 7 heteroatoms. The maximum absolute atomic E-state index is 13.4. The molecule has 0 spiro atoms. The highest BCUT2D eigenvalue weighted by Gasteiger charge is 2.39. The van der Waals surface area contributed by atoms with Gasteiger partial charge in [-0.3, -0.25) is 9.78 Å². The molecule has 0 amide bonds. The third kappa shape index (κ3) is 4.33. The predicted molar refractivity (Wildman–Crippen MR) is 133 cm³/mol. The molecule has 0 saturated heterocycles. The highest BCUT2D eigenvalue weighted by atomic mass is 35.5. The third-order valence-electron chi connectivity index (χ3n) is 6.24. The van der Waals surface area contributed by atoms with Gasteiger partial charge >= 0.3 is 0 Å². The number of allylic oxidation sites excluding steroid dienone is 1. The number of fused-ring (bicyclic) bond motifs is 1. The molecule has 0 bridgehead atoms. The van der Waals surface area contributed by atoms with Gasteiger partial charge in [-0.05, 0) is 47.7 Å². The van der Waals surface area contributed by atoms with Gasteiger partial charge in [0, 0.05) is 40.7 Å². The van der Waals surface area contributed by atoms with Crippen molar-refractivity contribution in [3.8, 4) is 11.5 Å². The zero-order chi connectivity index (χ0) is 23.9. The quantitative estimate of drug-likeness (QED) is 0.387. The van der Waals surface area contributed by atoms with E-state index in [1.165, 1.54) is 0 Å². The number of pyridine rings is 1. The van der Waals surface area contributed by atoms with Gasteiger partial charge in [0.1, 0.15) is 23.8 Å². The molecule has 0 fully saturated rings. The lowest BCUT2D eigenvalue weighted by Gasteiger charge is -2.34. The molecule has 0 saturated carbocycles. The SMILES string of the molecule is CC1(C)CC(=O)C2=C(C1)Nc1c(O)cccc1NC2c1ccc(OCc2cccnc2)cc1Cl. The van der Waals surface area contributed by atoms with Crippen molar-refractivity contribution in [1.29, 1.82) is 0 Å². The van der Waals surface area contributed by atoms with Crippen LogP contribution < -0.4 is 15.4 Å². The molecule has 2 aliphatic rings. The van der Waals surface area contributed by atoms with Crippen LogP contribution in [0.5, 0.6) is 11.5 Å². The van der Waals surface area contributed by atoms with Crippen LogP contribution in [0.3, 0.4) is 0 Å². The fourth-order valence-corrected chi connectivity index (χ4v) is 4.95. The Morgan fingerprint density at radius 3 is 2.79 bits per heavy atom. The highest BCUT2D eigenvalue weighted by Crippen LogP contribution is 2.48. The number of Topliss-reactive ketones (excluding diaryl/α,β-unsaturated/α-hetero) is 1. The lowest BCUT2D eigenvalue weighted by molar-refractivity contribution is -0.118. The number of carbonyl (C=O) groups is 1. The molecule has 1 aliphatic carbocycles. The number of para-hydroxylation sites is 1. The standard InChI is InChI=1S/C27H26ClN3O3/c1-27(2)12-21-24(23(33)13-27)25(30-20-6-3-7-22(32)26(20)31-21)18-9-8-17(11-19(18)28)34-15-16-5-4-10-29-14-16/h3-11,14,25,30-32H,12-13,15H2,1-2H3. The Bertz CT molecular complexity index is 1290. The number of aromatic hydroxyl groups is 1. The summed E-state index contributed by atoms with van der Waals surface area (Å²) in [6.07, 6.45) is 4.61. The van der Waals surface area contributed by atoms with Crippen molar-refractivity contribution in [2.45, 2.75) is 39.3 Å². The van der Waals surface area contributed by atoms with Crippen molar-refractivity contribution in [3.05, 3.63) is 88.3 Å². The van der Waals surface area contributed by atoms with Crippen molar-refractivity contribution in [2.24, 2.45) is 5.41 Å². The summed E-state index contributed by atoms with van der Waals surface area (Å²) in [5, 5.41) is 17.8. The first kappa shape index (κ1) is 22.3. The molecule has 0 radical (unpaired) electrons. The molecule has 1 aromatic heterocycles. The average Bonchev–Trinajstić information content (AvgIpc) is 2.95. The fraction of sp³-hybridized carbons (Fsp3) is 0.259. The fourth-order valence-electron chi connectivity index (χ4n) is 4.67. The van der Waals surface area contributed by atoms with Crippen molar-refractivity contribution in [2.75, 3.05) is 10.6 Å². The smallest absolute Gasteiger partial charge is 0.163 e. The second kappa shape index (κ2) is 8.69. The maximum atomic E-state index is 13.4. The molecule has 1 aliphatic heterocycles. The summed E-state index contributed by atoms with van der Waals surface area (Å²) in [6.45, 7) is 4.54. The van der Waals surface area contributed by atoms with Crippen LogP contribution in [0.4, 0.5) is 11.4 Å². The molecule has 1 atom stereocenters. The van der Waals surface area contributed by atoms with Crippen molar-refractivity contribution in [1.82, 2.24) is 4.98 Å². The van der Waals surface area contributed by atoms with Crippen LogP contribution in [0.15, 0.2) is 72.2 Å². The Labute approximate surface area is 203 Å². The summed E-state index contributed by atoms with van der Waals surface area (Å²) in [6, 6.07) is 14.2. The normalized spacial score (nSPS) is 18.8. The minimum absolute atomic E-state index is 0.0662. The van der Waals surface area contributed by atoms with Crippen molar-refractivity contribution < 1.29 is 14.6 Å². The molecule has 174 valence electrons. The van der Waals surface area contributed by atoms with Gasteiger partial charge < -0.3 is 20.5 Å². The van der Waals surface area contributed by atoms with E-state index in [-0.39, 0.29) is 16.9 Å². The second-order valence-electron chi connectivity index (χ2n) is 9.57. The minimum Gasteiger partial charge on any atom is -0.506 e. The van der Waals surface area contributed by atoms with Crippen molar-refractivity contribution in [3.63, 3.8) is 0 Å². The first-order valence-corrected chi connectivity index (χ1v) is 11.6. The van der Waals surface area contributed by atoms with Gasteiger partial charge in [-0.15, -0.1) is 0 Å². The van der Waals surface area contributed by atoms with Gasteiger partial charge in [0.2, 0.25) is 0 Å². The molecule has 3 N–H and O–H groups in total. The Balaban J connectivity index is 1.52. The second-order valence-corrected chi connectivity index (χ2v) is 9.98. The summed E-state index contributed by atoms with van der Waals surface area (Å²) in [7, 11) is 0. The maximum Gasteiger partial charge on any atom is 0.163 e. The van der Waals surface area contributed by atoms with Gasteiger partial charge in [-0.1, -0.05) is 43.6 Å². The number of phenolic OH excluding ortho intramolecular Hbond substituents is 1. The Kier molecular flexibility index (Phi) is 5.70. The topological polar surface area (TPSA) is 83.5 Å². The molecule has 34 heavy (non-hydrogen) atoms.